The predicted molar refractivity (Wildman–Crippen MR) is 87.0 cm³/mol. The van der Waals surface area contributed by atoms with Crippen molar-refractivity contribution in [1.29, 1.82) is 0 Å². The van der Waals surface area contributed by atoms with E-state index < -0.39 is 11.9 Å². The van der Waals surface area contributed by atoms with Crippen LogP contribution in [0.4, 0.5) is 5.82 Å². The number of hydrogen-bond donors (Lipinski definition) is 1. The Morgan fingerprint density at radius 2 is 2.00 bits per heavy atom. The van der Waals surface area contributed by atoms with Crippen LogP contribution in [0.5, 0.6) is 0 Å². The van der Waals surface area contributed by atoms with Gasteiger partial charge in [0.1, 0.15) is 5.56 Å². The zero-order chi connectivity index (χ0) is 17.3. The molecule has 0 saturated carbocycles. The fourth-order valence-corrected chi connectivity index (χ4v) is 2.30. The molecule has 0 spiro atoms. The van der Waals surface area contributed by atoms with Gasteiger partial charge < -0.3 is 10.1 Å². The molecule has 0 fully saturated rings. The second-order valence-corrected chi connectivity index (χ2v) is 5.01. The molecule has 2 aromatic heterocycles. The quantitative estimate of drug-likeness (QED) is 0.576. The van der Waals surface area contributed by atoms with Crippen LogP contribution < -0.4 is 10.9 Å². The maximum atomic E-state index is 12.6. The predicted octanol–water partition coefficient (Wildman–Crippen LogP) is 1.38. The van der Waals surface area contributed by atoms with Crippen molar-refractivity contribution in [3.8, 4) is 0 Å². The fraction of sp³-hybridized carbons (Fsp3) is 0.188. The Labute approximate surface area is 136 Å². The number of amides is 1. The van der Waals surface area contributed by atoms with E-state index in [1.165, 1.54) is 17.5 Å². The van der Waals surface area contributed by atoms with Crippen LogP contribution in [0.1, 0.15) is 24.2 Å². The summed E-state index contributed by atoms with van der Waals surface area (Å²) in [6.07, 6.45) is 1.29. The molecule has 8 heteroatoms. The molecule has 0 atom stereocenters. The van der Waals surface area contributed by atoms with E-state index in [-0.39, 0.29) is 29.3 Å². The van der Waals surface area contributed by atoms with Gasteiger partial charge in [0.05, 0.1) is 17.5 Å². The molecule has 0 unspecified atom stereocenters. The van der Waals surface area contributed by atoms with Gasteiger partial charge in [-0.15, -0.1) is 0 Å². The van der Waals surface area contributed by atoms with Gasteiger partial charge in [0.15, 0.2) is 5.82 Å². The number of aromatic nitrogens is 3. The number of esters is 1. The highest BCUT2D eigenvalue weighted by Gasteiger charge is 2.18. The number of nitrogens with zero attached hydrogens (tertiary/aromatic N) is 3. The van der Waals surface area contributed by atoms with E-state index in [1.807, 2.05) is 0 Å². The highest BCUT2D eigenvalue weighted by Crippen LogP contribution is 2.16. The first kappa shape index (κ1) is 15.6. The molecule has 122 valence electrons. The van der Waals surface area contributed by atoms with E-state index in [2.05, 4.69) is 15.3 Å². The third-order valence-corrected chi connectivity index (χ3v) is 3.30. The molecule has 0 aliphatic heterocycles. The zero-order valence-electron chi connectivity index (χ0n) is 13.1. The minimum atomic E-state index is -0.685. The SMILES string of the molecule is CCOC(=O)c1cn2c(=O)c3ccccc3nc2nc1NC(C)=O. The maximum absolute atomic E-state index is 12.6. The van der Waals surface area contributed by atoms with Crippen molar-refractivity contribution in [3.05, 3.63) is 46.4 Å². The number of hydrogen-bond acceptors (Lipinski definition) is 6. The molecule has 0 bridgehead atoms. The summed E-state index contributed by atoms with van der Waals surface area (Å²) < 4.78 is 6.13. The number of carbonyl (C=O) groups is 2. The Morgan fingerprint density at radius 1 is 1.25 bits per heavy atom. The van der Waals surface area contributed by atoms with Gasteiger partial charge in [-0.25, -0.2) is 9.78 Å². The summed E-state index contributed by atoms with van der Waals surface area (Å²) in [5.41, 5.74) is 0.106. The van der Waals surface area contributed by atoms with Gasteiger partial charge >= 0.3 is 5.97 Å². The van der Waals surface area contributed by atoms with Crippen molar-refractivity contribution < 1.29 is 14.3 Å². The average molecular weight is 326 g/mol. The van der Waals surface area contributed by atoms with Gasteiger partial charge in [0.2, 0.25) is 11.7 Å². The minimum Gasteiger partial charge on any atom is -0.462 e. The molecular weight excluding hydrogens is 312 g/mol. The van der Waals surface area contributed by atoms with Gasteiger partial charge in [-0.3, -0.25) is 14.0 Å². The van der Waals surface area contributed by atoms with E-state index in [0.717, 1.165) is 0 Å². The van der Waals surface area contributed by atoms with Crippen LogP contribution in [0.3, 0.4) is 0 Å². The van der Waals surface area contributed by atoms with Gasteiger partial charge in [0.25, 0.3) is 5.56 Å². The molecule has 0 aliphatic carbocycles. The topological polar surface area (TPSA) is 103 Å². The number of ether oxygens (including phenoxy) is 1. The normalized spacial score (nSPS) is 10.8. The Hall–Kier alpha value is -3.29. The van der Waals surface area contributed by atoms with Crippen molar-refractivity contribution in [2.75, 3.05) is 11.9 Å². The molecule has 8 nitrogen and oxygen atoms in total. The van der Waals surface area contributed by atoms with Crippen LogP contribution in [0.2, 0.25) is 0 Å². The van der Waals surface area contributed by atoms with Crippen LogP contribution in [-0.2, 0) is 9.53 Å². The first-order valence-electron chi connectivity index (χ1n) is 7.28. The lowest BCUT2D eigenvalue weighted by molar-refractivity contribution is -0.114. The number of fused-ring (bicyclic) bond motifs is 2. The van der Waals surface area contributed by atoms with E-state index in [4.69, 9.17) is 4.74 Å². The smallest absolute Gasteiger partial charge is 0.343 e. The lowest BCUT2D eigenvalue weighted by atomic mass is 10.2. The van der Waals surface area contributed by atoms with E-state index in [0.29, 0.717) is 10.9 Å². The molecule has 0 aliphatic rings. The van der Waals surface area contributed by atoms with Gasteiger partial charge in [-0.2, -0.15) is 4.98 Å². The highest BCUT2D eigenvalue weighted by atomic mass is 16.5. The molecule has 3 rings (SSSR count). The molecule has 1 aromatic carbocycles. The number of rotatable bonds is 3. The molecule has 1 N–H and O–H groups in total. The Kier molecular flexibility index (Phi) is 3.95. The van der Waals surface area contributed by atoms with Crippen molar-refractivity contribution in [2.24, 2.45) is 0 Å². The second-order valence-electron chi connectivity index (χ2n) is 5.01. The Bertz CT molecular complexity index is 1030. The molecule has 24 heavy (non-hydrogen) atoms. The van der Waals surface area contributed by atoms with E-state index in [1.54, 1.807) is 31.2 Å². The number of anilines is 1. The third-order valence-electron chi connectivity index (χ3n) is 3.30. The van der Waals surface area contributed by atoms with Gasteiger partial charge in [-0.1, -0.05) is 12.1 Å². The van der Waals surface area contributed by atoms with Crippen LogP contribution in [0, 0.1) is 0 Å². The summed E-state index contributed by atoms with van der Waals surface area (Å²) in [5, 5.41) is 2.87. The number of para-hydroxylation sites is 1. The van der Waals surface area contributed by atoms with Crippen molar-refractivity contribution in [3.63, 3.8) is 0 Å². The summed E-state index contributed by atoms with van der Waals surface area (Å²) in [7, 11) is 0. The van der Waals surface area contributed by atoms with Crippen LogP contribution in [0.25, 0.3) is 16.7 Å². The summed E-state index contributed by atoms with van der Waals surface area (Å²) >= 11 is 0. The monoisotopic (exact) mass is 326 g/mol. The largest absolute Gasteiger partial charge is 0.462 e. The Morgan fingerprint density at radius 3 is 2.71 bits per heavy atom. The average Bonchev–Trinajstić information content (AvgIpc) is 2.54. The molecule has 2 heterocycles. The van der Waals surface area contributed by atoms with Crippen molar-refractivity contribution >= 4 is 34.4 Å². The van der Waals surface area contributed by atoms with Crippen LogP contribution in [0.15, 0.2) is 35.3 Å². The first-order valence-corrected chi connectivity index (χ1v) is 7.28. The lowest BCUT2D eigenvalue weighted by Crippen LogP contribution is -2.21. The van der Waals surface area contributed by atoms with Crippen molar-refractivity contribution in [2.45, 2.75) is 13.8 Å². The maximum Gasteiger partial charge on any atom is 0.343 e. The summed E-state index contributed by atoms with van der Waals surface area (Å²) in [6.45, 7) is 3.10. The van der Waals surface area contributed by atoms with Crippen LogP contribution in [-0.4, -0.2) is 32.9 Å². The van der Waals surface area contributed by atoms with E-state index >= 15 is 0 Å². The van der Waals surface area contributed by atoms with Crippen molar-refractivity contribution in [1.82, 2.24) is 14.4 Å². The first-order chi connectivity index (χ1) is 11.5. The third kappa shape index (κ3) is 2.69. The summed E-state index contributed by atoms with van der Waals surface area (Å²) in [6, 6.07) is 6.81. The lowest BCUT2D eigenvalue weighted by Gasteiger charge is -2.10. The van der Waals surface area contributed by atoms with Crippen LogP contribution >= 0.6 is 0 Å². The minimum absolute atomic E-state index is 0.00290. The number of nitrogens with one attached hydrogen (secondary N) is 1. The number of benzene rings is 1. The zero-order valence-corrected chi connectivity index (χ0v) is 13.1. The molecule has 3 aromatic rings. The number of carbonyl (C=O) groups excluding carboxylic acids is 2. The molecule has 0 radical (unpaired) electrons. The van der Waals surface area contributed by atoms with Gasteiger partial charge in [-0.05, 0) is 19.1 Å². The standard InChI is InChI=1S/C16H14N4O4/c1-3-24-15(23)11-8-20-14(22)10-6-4-5-7-12(10)18-16(20)19-13(11)17-9(2)21/h4-8H,3H2,1-2H3,(H,17,18,19,21). The molecule has 1 amide bonds. The Balaban J connectivity index is 2.33. The highest BCUT2D eigenvalue weighted by molar-refractivity contribution is 5.99. The fourth-order valence-electron chi connectivity index (χ4n) is 2.30. The second kappa shape index (κ2) is 6.07. The summed E-state index contributed by atoms with van der Waals surface area (Å²) in [4.78, 5) is 44.5. The molecular formula is C16H14N4O4. The van der Waals surface area contributed by atoms with Gasteiger partial charge in [0, 0.05) is 13.1 Å². The van der Waals surface area contributed by atoms with E-state index in [9.17, 15) is 14.4 Å². The molecule has 0 saturated heterocycles. The summed E-state index contributed by atoms with van der Waals surface area (Å²) in [5.74, 6) is -1.00.